The van der Waals surface area contributed by atoms with Crippen LogP contribution in [-0.4, -0.2) is 18.5 Å². The molecule has 72 valence electrons. The van der Waals surface area contributed by atoms with E-state index in [2.05, 4.69) is 26.1 Å². The number of rotatable bonds is 6. The molecule has 12 heavy (non-hydrogen) atoms. The van der Waals surface area contributed by atoms with Crippen molar-refractivity contribution in [1.29, 1.82) is 0 Å². The van der Waals surface area contributed by atoms with E-state index in [1.54, 1.807) is 0 Å². The zero-order chi connectivity index (χ0) is 9.56. The van der Waals surface area contributed by atoms with E-state index in [1.165, 1.54) is 6.42 Å². The molecule has 0 aliphatic heterocycles. The molecule has 0 rings (SSSR count). The quantitative estimate of drug-likeness (QED) is 0.625. The van der Waals surface area contributed by atoms with Gasteiger partial charge in [-0.2, -0.15) is 0 Å². The molecule has 3 heteroatoms. The number of primary amides is 1. The number of carbonyl (C=O) groups excluding carboxylic acids is 1. The summed E-state index contributed by atoms with van der Waals surface area (Å²) in [4.78, 5) is 10.4. The topological polar surface area (TPSA) is 55.1 Å². The van der Waals surface area contributed by atoms with E-state index in [1.807, 2.05) is 0 Å². The maximum Gasteiger partial charge on any atom is 0.231 e. The number of nitrogens with one attached hydrogen (secondary N) is 1. The molecule has 0 radical (unpaired) electrons. The van der Waals surface area contributed by atoms with Crippen LogP contribution in [0.4, 0.5) is 0 Å². The third kappa shape index (κ3) is 6.16. The van der Waals surface area contributed by atoms with Gasteiger partial charge in [0.25, 0.3) is 0 Å². The Morgan fingerprint density at radius 3 is 2.50 bits per heavy atom. The van der Waals surface area contributed by atoms with Gasteiger partial charge in [-0.05, 0) is 19.3 Å². The predicted octanol–water partition coefficient (Wildman–Crippen LogP) is 0.886. The van der Waals surface area contributed by atoms with E-state index in [0.29, 0.717) is 12.0 Å². The molecule has 0 bridgehead atoms. The second kappa shape index (κ2) is 6.00. The van der Waals surface area contributed by atoms with Crippen LogP contribution in [-0.2, 0) is 4.79 Å². The van der Waals surface area contributed by atoms with Crippen LogP contribution in [0, 0.1) is 5.92 Å². The van der Waals surface area contributed by atoms with Crippen LogP contribution in [0.5, 0.6) is 0 Å². The van der Waals surface area contributed by atoms with Gasteiger partial charge in [-0.25, -0.2) is 0 Å². The van der Waals surface area contributed by atoms with Gasteiger partial charge in [-0.1, -0.05) is 20.3 Å². The summed E-state index contributed by atoms with van der Waals surface area (Å²) in [5.41, 5.74) is 5.00. The molecule has 3 N–H and O–H groups in total. The molecule has 0 fully saturated rings. The van der Waals surface area contributed by atoms with Gasteiger partial charge in [0, 0.05) is 6.04 Å². The third-order valence-electron chi connectivity index (χ3n) is 2.08. The average molecular weight is 172 g/mol. The first-order valence-corrected chi connectivity index (χ1v) is 4.58. The first-order chi connectivity index (χ1) is 5.56. The van der Waals surface area contributed by atoms with Gasteiger partial charge in [0.1, 0.15) is 0 Å². The van der Waals surface area contributed by atoms with Crippen molar-refractivity contribution in [3.05, 3.63) is 0 Å². The Bertz CT molecular complexity index is 136. The highest BCUT2D eigenvalue weighted by Gasteiger charge is 2.06. The molecule has 2 unspecified atom stereocenters. The van der Waals surface area contributed by atoms with Gasteiger partial charge in [-0.3, -0.25) is 4.79 Å². The summed E-state index contributed by atoms with van der Waals surface area (Å²) in [7, 11) is 0. The highest BCUT2D eigenvalue weighted by atomic mass is 16.1. The Morgan fingerprint density at radius 2 is 2.08 bits per heavy atom. The van der Waals surface area contributed by atoms with E-state index < -0.39 is 0 Å². The Kier molecular flexibility index (Phi) is 5.72. The Morgan fingerprint density at radius 1 is 1.50 bits per heavy atom. The number of nitrogens with two attached hydrogens (primary N) is 1. The van der Waals surface area contributed by atoms with Gasteiger partial charge in [0.05, 0.1) is 6.54 Å². The van der Waals surface area contributed by atoms with Gasteiger partial charge >= 0.3 is 0 Å². The maximum atomic E-state index is 10.4. The van der Waals surface area contributed by atoms with Gasteiger partial charge in [0.15, 0.2) is 0 Å². The van der Waals surface area contributed by atoms with Gasteiger partial charge in [0.2, 0.25) is 5.91 Å². The molecule has 0 heterocycles. The summed E-state index contributed by atoms with van der Waals surface area (Å²) in [6.07, 6.45) is 2.28. The number of carbonyl (C=O) groups is 1. The van der Waals surface area contributed by atoms with Gasteiger partial charge in [-0.15, -0.1) is 0 Å². The van der Waals surface area contributed by atoms with Crippen molar-refractivity contribution in [2.45, 2.75) is 39.7 Å². The molecule has 0 aliphatic carbocycles. The molecule has 3 nitrogen and oxygen atoms in total. The normalized spacial score (nSPS) is 15.6. The van der Waals surface area contributed by atoms with Crippen molar-refractivity contribution in [3.8, 4) is 0 Å². The van der Waals surface area contributed by atoms with Crippen molar-refractivity contribution in [1.82, 2.24) is 5.32 Å². The van der Waals surface area contributed by atoms with Crippen molar-refractivity contribution in [2.24, 2.45) is 11.7 Å². The molecule has 0 aromatic rings. The van der Waals surface area contributed by atoms with Crippen molar-refractivity contribution in [3.63, 3.8) is 0 Å². The van der Waals surface area contributed by atoms with Crippen LogP contribution in [0.3, 0.4) is 0 Å². The van der Waals surface area contributed by atoms with E-state index in [9.17, 15) is 4.79 Å². The summed E-state index contributed by atoms with van der Waals surface area (Å²) in [6.45, 7) is 6.75. The minimum absolute atomic E-state index is 0.286. The Balaban J connectivity index is 3.45. The highest BCUT2D eigenvalue weighted by molar-refractivity contribution is 5.75. The zero-order valence-electron chi connectivity index (χ0n) is 8.26. The molecule has 1 amide bonds. The number of hydrogen-bond donors (Lipinski definition) is 2. The van der Waals surface area contributed by atoms with E-state index in [-0.39, 0.29) is 12.5 Å². The Labute approximate surface area is 74.7 Å². The van der Waals surface area contributed by atoms with Gasteiger partial charge < -0.3 is 11.1 Å². The number of amides is 1. The lowest BCUT2D eigenvalue weighted by Gasteiger charge is -2.16. The van der Waals surface area contributed by atoms with Crippen molar-refractivity contribution < 1.29 is 4.79 Å². The van der Waals surface area contributed by atoms with Crippen LogP contribution in [0.25, 0.3) is 0 Å². The largest absolute Gasteiger partial charge is 0.369 e. The second-order valence-corrected chi connectivity index (χ2v) is 3.50. The Hall–Kier alpha value is -0.570. The lowest BCUT2D eigenvalue weighted by atomic mass is 10.0. The zero-order valence-corrected chi connectivity index (χ0v) is 8.26. The molecule has 0 aliphatic rings. The lowest BCUT2D eigenvalue weighted by Crippen LogP contribution is -2.35. The van der Waals surface area contributed by atoms with Crippen LogP contribution in [0.15, 0.2) is 0 Å². The summed E-state index contributed by atoms with van der Waals surface area (Å²) in [6, 6.07) is 0.382. The minimum Gasteiger partial charge on any atom is -0.369 e. The first kappa shape index (κ1) is 11.4. The summed E-state index contributed by atoms with van der Waals surface area (Å²) in [5, 5.41) is 3.07. The maximum absolute atomic E-state index is 10.4. The minimum atomic E-state index is -0.286. The average Bonchev–Trinajstić information content (AvgIpc) is 2.00. The summed E-state index contributed by atoms with van der Waals surface area (Å²) >= 11 is 0. The van der Waals surface area contributed by atoms with Crippen LogP contribution >= 0.6 is 0 Å². The highest BCUT2D eigenvalue weighted by Crippen LogP contribution is 2.08. The molecular formula is C9H20N2O. The van der Waals surface area contributed by atoms with Crippen LogP contribution in [0.2, 0.25) is 0 Å². The predicted molar refractivity (Wildman–Crippen MR) is 50.7 cm³/mol. The summed E-state index contributed by atoms with van der Waals surface area (Å²) in [5.74, 6) is 0.423. The van der Waals surface area contributed by atoms with E-state index in [0.717, 1.165) is 6.42 Å². The molecular weight excluding hydrogens is 152 g/mol. The molecule has 0 saturated carbocycles. The van der Waals surface area contributed by atoms with Crippen LogP contribution < -0.4 is 11.1 Å². The monoisotopic (exact) mass is 172 g/mol. The molecule has 0 saturated heterocycles. The van der Waals surface area contributed by atoms with Crippen molar-refractivity contribution >= 4 is 5.91 Å². The third-order valence-corrected chi connectivity index (χ3v) is 2.08. The fourth-order valence-electron chi connectivity index (χ4n) is 1.13. The van der Waals surface area contributed by atoms with E-state index >= 15 is 0 Å². The lowest BCUT2D eigenvalue weighted by molar-refractivity contribution is -0.117. The number of hydrogen-bond acceptors (Lipinski definition) is 2. The van der Waals surface area contributed by atoms with E-state index in [4.69, 9.17) is 5.73 Å². The second-order valence-electron chi connectivity index (χ2n) is 3.50. The standard InChI is InChI=1S/C9H20N2O/c1-4-7(2)5-8(3)11-6-9(10)12/h7-8,11H,4-6H2,1-3H3,(H2,10,12). The fourth-order valence-corrected chi connectivity index (χ4v) is 1.13. The smallest absolute Gasteiger partial charge is 0.231 e. The molecule has 0 aromatic carbocycles. The molecule has 0 aromatic heterocycles. The fraction of sp³-hybridized carbons (Fsp3) is 0.889. The first-order valence-electron chi connectivity index (χ1n) is 4.58. The molecule has 0 spiro atoms. The van der Waals surface area contributed by atoms with Crippen LogP contribution in [0.1, 0.15) is 33.6 Å². The van der Waals surface area contributed by atoms with Crippen molar-refractivity contribution in [2.75, 3.05) is 6.54 Å². The molecule has 2 atom stereocenters. The summed E-state index contributed by atoms with van der Waals surface area (Å²) < 4.78 is 0. The SMILES string of the molecule is CCC(C)CC(C)NCC(N)=O.